The van der Waals surface area contributed by atoms with Crippen molar-refractivity contribution >= 4 is 11.6 Å². The number of carbonyl (C=O) groups is 1. The van der Waals surface area contributed by atoms with Crippen LogP contribution in [0.3, 0.4) is 0 Å². The monoisotopic (exact) mass is 181 g/mol. The quantitative estimate of drug-likeness (QED) is 0.685. The van der Waals surface area contributed by atoms with Gasteiger partial charge in [-0.1, -0.05) is 5.16 Å². The summed E-state index contributed by atoms with van der Waals surface area (Å²) in [6, 6.07) is 0. The highest BCUT2D eigenvalue weighted by molar-refractivity contribution is 5.92. The van der Waals surface area contributed by atoms with Crippen LogP contribution < -0.4 is 10.6 Å². The predicted molar refractivity (Wildman–Crippen MR) is 46.1 cm³/mol. The molecule has 2 rings (SSSR count). The van der Waals surface area contributed by atoms with Crippen LogP contribution in [0.2, 0.25) is 0 Å². The van der Waals surface area contributed by atoms with Crippen molar-refractivity contribution in [3.05, 3.63) is 12.5 Å². The number of carbonyl (C=O) groups excluding carboxylic acids is 1. The zero-order valence-electron chi connectivity index (χ0n) is 7.12. The molecule has 1 aliphatic heterocycles. The molecule has 0 bridgehead atoms. The lowest BCUT2D eigenvalue weighted by Crippen LogP contribution is -2.24. The Morgan fingerprint density at radius 2 is 2.69 bits per heavy atom. The molecule has 0 spiro atoms. The molecule has 5 heteroatoms. The number of nitrogens with zero attached hydrogens (tertiary/aromatic N) is 1. The minimum Gasteiger partial charge on any atom is -0.363 e. The van der Waals surface area contributed by atoms with Gasteiger partial charge in [0.15, 0.2) is 0 Å². The molecule has 1 unspecified atom stereocenters. The lowest BCUT2D eigenvalue weighted by Gasteiger charge is -2.06. The number of rotatable bonds is 2. The Balaban J connectivity index is 1.91. The van der Waals surface area contributed by atoms with Crippen molar-refractivity contribution in [2.45, 2.75) is 6.42 Å². The van der Waals surface area contributed by atoms with Crippen LogP contribution in [0.15, 0.2) is 17.0 Å². The molecule has 0 aliphatic carbocycles. The van der Waals surface area contributed by atoms with Crippen LogP contribution in [-0.2, 0) is 4.79 Å². The van der Waals surface area contributed by atoms with Crippen LogP contribution in [0.25, 0.3) is 0 Å². The fourth-order valence-corrected chi connectivity index (χ4v) is 1.39. The molecule has 1 aliphatic rings. The number of hydrogen-bond acceptors (Lipinski definition) is 4. The molecule has 5 nitrogen and oxygen atoms in total. The molecule has 0 aromatic carbocycles. The van der Waals surface area contributed by atoms with E-state index in [-0.39, 0.29) is 11.8 Å². The molecule has 0 saturated carbocycles. The zero-order chi connectivity index (χ0) is 9.10. The molecule has 1 saturated heterocycles. The van der Waals surface area contributed by atoms with Crippen molar-refractivity contribution in [2.75, 3.05) is 18.4 Å². The van der Waals surface area contributed by atoms with Crippen molar-refractivity contribution < 1.29 is 9.32 Å². The van der Waals surface area contributed by atoms with E-state index in [2.05, 4.69) is 20.3 Å². The van der Waals surface area contributed by atoms with Gasteiger partial charge in [-0.05, 0) is 13.0 Å². The Bertz CT molecular complexity index is 278. The molecule has 1 aromatic heterocycles. The summed E-state index contributed by atoms with van der Waals surface area (Å²) >= 11 is 0. The summed E-state index contributed by atoms with van der Waals surface area (Å²) in [5.74, 6) is 0.114. The van der Waals surface area contributed by atoms with E-state index in [4.69, 9.17) is 0 Å². The standard InChI is InChI=1S/C8H11N3O2/c12-8(6-1-2-9-3-6)11-7-4-10-13-5-7/h4-6,9H,1-3H2,(H,11,12). The minimum absolute atomic E-state index is 0.0354. The molecule has 1 aromatic rings. The molecular formula is C8H11N3O2. The first-order valence-corrected chi connectivity index (χ1v) is 4.27. The van der Waals surface area contributed by atoms with E-state index in [1.54, 1.807) is 0 Å². The smallest absolute Gasteiger partial charge is 0.228 e. The second-order valence-electron chi connectivity index (χ2n) is 3.09. The van der Waals surface area contributed by atoms with Gasteiger partial charge in [-0.3, -0.25) is 4.79 Å². The number of nitrogens with one attached hydrogen (secondary N) is 2. The first-order valence-electron chi connectivity index (χ1n) is 4.27. The van der Waals surface area contributed by atoms with Crippen LogP contribution in [-0.4, -0.2) is 24.2 Å². The molecular weight excluding hydrogens is 170 g/mol. The van der Waals surface area contributed by atoms with E-state index < -0.39 is 0 Å². The van der Waals surface area contributed by atoms with Crippen LogP contribution in [0.1, 0.15) is 6.42 Å². The van der Waals surface area contributed by atoms with E-state index >= 15 is 0 Å². The molecule has 2 heterocycles. The fraction of sp³-hybridized carbons (Fsp3) is 0.500. The number of anilines is 1. The lowest BCUT2D eigenvalue weighted by molar-refractivity contribution is -0.119. The van der Waals surface area contributed by atoms with Gasteiger partial charge in [0.1, 0.15) is 12.0 Å². The molecule has 1 fully saturated rings. The summed E-state index contributed by atoms with van der Waals surface area (Å²) in [6.45, 7) is 1.68. The third kappa shape index (κ3) is 1.86. The molecule has 70 valence electrons. The summed E-state index contributed by atoms with van der Waals surface area (Å²) < 4.78 is 4.60. The summed E-state index contributed by atoms with van der Waals surface area (Å²) in [5.41, 5.74) is 0.622. The molecule has 1 amide bonds. The van der Waals surface area contributed by atoms with Gasteiger partial charge in [-0.2, -0.15) is 0 Å². The summed E-state index contributed by atoms with van der Waals surface area (Å²) in [4.78, 5) is 11.5. The molecule has 1 atom stereocenters. The fourth-order valence-electron chi connectivity index (χ4n) is 1.39. The molecule has 2 N–H and O–H groups in total. The second-order valence-corrected chi connectivity index (χ2v) is 3.09. The maximum atomic E-state index is 11.5. The predicted octanol–water partition coefficient (Wildman–Crippen LogP) is 0.223. The van der Waals surface area contributed by atoms with E-state index in [1.807, 2.05) is 0 Å². The van der Waals surface area contributed by atoms with Crippen molar-refractivity contribution in [3.8, 4) is 0 Å². The van der Waals surface area contributed by atoms with Crippen LogP contribution in [0.4, 0.5) is 5.69 Å². The highest BCUT2D eigenvalue weighted by Crippen LogP contribution is 2.11. The largest absolute Gasteiger partial charge is 0.363 e. The molecule has 0 radical (unpaired) electrons. The van der Waals surface area contributed by atoms with Crippen molar-refractivity contribution in [1.29, 1.82) is 0 Å². The maximum absolute atomic E-state index is 11.5. The van der Waals surface area contributed by atoms with Crippen LogP contribution in [0.5, 0.6) is 0 Å². The normalized spacial score (nSPS) is 21.7. The Morgan fingerprint density at radius 1 is 1.77 bits per heavy atom. The topological polar surface area (TPSA) is 67.2 Å². The Kier molecular flexibility index (Phi) is 2.27. The number of hydrogen-bond donors (Lipinski definition) is 2. The van der Waals surface area contributed by atoms with Gasteiger partial charge in [0.2, 0.25) is 5.91 Å². The van der Waals surface area contributed by atoms with Gasteiger partial charge in [-0.25, -0.2) is 0 Å². The average molecular weight is 181 g/mol. The maximum Gasteiger partial charge on any atom is 0.228 e. The Morgan fingerprint density at radius 3 is 3.31 bits per heavy atom. The van der Waals surface area contributed by atoms with Crippen molar-refractivity contribution in [3.63, 3.8) is 0 Å². The minimum atomic E-state index is 0.0354. The lowest BCUT2D eigenvalue weighted by atomic mass is 10.1. The third-order valence-electron chi connectivity index (χ3n) is 2.13. The second kappa shape index (κ2) is 3.57. The van der Waals surface area contributed by atoms with Crippen molar-refractivity contribution in [1.82, 2.24) is 10.5 Å². The van der Waals surface area contributed by atoms with E-state index in [0.717, 1.165) is 19.5 Å². The van der Waals surface area contributed by atoms with Crippen molar-refractivity contribution in [2.24, 2.45) is 5.92 Å². The van der Waals surface area contributed by atoms with Gasteiger partial charge in [0, 0.05) is 6.54 Å². The van der Waals surface area contributed by atoms with Gasteiger partial charge in [-0.15, -0.1) is 0 Å². The van der Waals surface area contributed by atoms with Gasteiger partial charge >= 0.3 is 0 Å². The average Bonchev–Trinajstić information content (AvgIpc) is 2.74. The summed E-state index contributed by atoms with van der Waals surface area (Å²) in [5, 5.41) is 9.36. The van der Waals surface area contributed by atoms with Gasteiger partial charge in [0.05, 0.1) is 12.1 Å². The van der Waals surface area contributed by atoms with E-state index in [0.29, 0.717) is 5.69 Å². The van der Waals surface area contributed by atoms with E-state index in [9.17, 15) is 4.79 Å². The Labute approximate surface area is 75.5 Å². The Hall–Kier alpha value is -1.36. The summed E-state index contributed by atoms with van der Waals surface area (Å²) in [7, 11) is 0. The molecule has 13 heavy (non-hydrogen) atoms. The highest BCUT2D eigenvalue weighted by atomic mass is 16.5. The number of amides is 1. The van der Waals surface area contributed by atoms with Gasteiger partial charge in [0.25, 0.3) is 0 Å². The number of aromatic nitrogens is 1. The first kappa shape index (κ1) is 8.25. The zero-order valence-corrected chi connectivity index (χ0v) is 7.12. The highest BCUT2D eigenvalue weighted by Gasteiger charge is 2.22. The van der Waals surface area contributed by atoms with E-state index in [1.165, 1.54) is 12.5 Å². The van der Waals surface area contributed by atoms with Crippen LogP contribution in [0, 0.1) is 5.92 Å². The first-order chi connectivity index (χ1) is 6.36. The third-order valence-corrected chi connectivity index (χ3v) is 2.13. The SMILES string of the molecule is O=C(Nc1cnoc1)C1CCNC1. The van der Waals surface area contributed by atoms with Crippen LogP contribution >= 0.6 is 0 Å². The summed E-state index contributed by atoms with van der Waals surface area (Å²) in [6.07, 6.45) is 3.80. The van der Waals surface area contributed by atoms with Gasteiger partial charge < -0.3 is 15.2 Å².